The lowest BCUT2D eigenvalue weighted by Gasteiger charge is -2.04. The Morgan fingerprint density at radius 2 is 2.50 bits per heavy atom. The highest BCUT2D eigenvalue weighted by Gasteiger charge is 2.09. The van der Waals surface area contributed by atoms with Crippen molar-refractivity contribution in [1.29, 1.82) is 0 Å². The van der Waals surface area contributed by atoms with Gasteiger partial charge in [0, 0.05) is 12.5 Å². The van der Waals surface area contributed by atoms with Crippen molar-refractivity contribution in [2.24, 2.45) is 5.73 Å². The number of hydrogen-bond donors (Lipinski definition) is 2. The first-order valence-corrected chi connectivity index (χ1v) is 3.68. The van der Waals surface area contributed by atoms with Crippen LogP contribution >= 0.6 is 0 Å². The van der Waals surface area contributed by atoms with Crippen molar-refractivity contribution in [3.63, 3.8) is 0 Å². The van der Waals surface area contributed by atoms with E-state index in [1.54, 1.807) is 18.4 Å². The van der Waals surface area contributed by atoms with E-state index >= 15 is 0 Å². The molecule has 0 unspecified atom stereocenters. The highest BCUT2D eigenvalue weighted by Crippen LogP contribution is 2.04. The largest absolute Gasteiger partial charge is 0.481 e. The summed E-state index contributed by atoms with van der Waals surface area (Å²) in [6.07, 6.45) is 1.99. The molecule has 0 saturated heterocycles. The van der Waals surface area contributed by atoms with E-state index in [1.807, 2.05) is 0 Å². The summed E-state index contributed by atoms with van der Waals surface area (Å²) in [4.78, 5) is 10.2. The molecule has 0 radical (unpaired) electrons. The van der Waals surface area contributed by atoms with Crippen molar-refractivity contribution in [2.45, 2.75) is 18.9 Å². The summed E-state index contributed by atoms with van der Waals surface area (Å²) in [6.45, 7) is 0. The molecule has 0 saturated carbocycles. The van der Waals surface area contributed by atoms with E-state index in [0.717, 1.165) is 5.76 Å². The molecular formula is C8H11NO3. The van der Waals surface area contributed by atoms with Crippen LogP contribution in [0.4, 0.5) is 0 Å². The topological polar surface area (TPSA) is 76.5 Å². The SMILES string of the molecule is N[C@H](CC(=O)O)Cc1ccco1. The predicted octanol–water partition coefficient (Wildman–Crippen LogP) is 0.624. The maximum Gasteiger partial charge on any atom is 0.304 e. The number of aliphatic carboxylic acids is 1. The second-order valence-electron chi connectivity index (χ2n) is 2.64. The van der Waals surface area contributed by atoms with Gasteiger partial charge in [-0.1, -0.05) is 0 Å². The summed E-state index contributed by atoms with van der Waals surface area (Å²) in [6, 6.07) is 3.17. The first-order valence-electron chi connectivity index (χ1n) is 3.68. The monoisotopic (exact) mass is 169 g/mol. The molecule has 1 aromatic rings. The van der Waals surface area contributed by atoms with Gasteiger partial charge in [0.25, 0.3) is 0 Å². The first kappa shape index (κ1) is 8.80. The van der Waals surface area contributed by atoms with E-state index in [2.05, 4.69) is 0 Å². The fourth-order valence-corrected chi connectivity index (χ4v) is 0.984. The second kappa shape index (κ2) is 3.92. The molecule has 0 aliphatic heterocycles. The second-order valence-corrected chi connectivity index (χ2v) is 2.64. The molecule has 4 nitrogen and oxygen atoms in total. The fraction of sp³-hybridized carbons (Fsp3) is 0.375. The Morgan fingerprint density at radius 1 is 1.75 bits per heavy atom. The Bertz CT molecular complexity index is 243. The van der Waals surface area contributed by atoms with Crippen molar-refractivity contribution in [3.05, 3.63) is 24.2 Å². The van der Waals surface area contributed by atoms with Crippen LogP contribution in [0.3, 0.4) is 0 Å². The Morgan fingerprint density at radius 3 is 3.00 bits per heavy atom. The van der Waals surface area contributed by atoms with Gasteiger partial charge < -0.3 is 15.3 Å². The Kier molecular flexibility index (Phi) is 2.88. The van der Waals surface area contributed by atoms with Crippen molar-refractivity contribution in [2.75, 3.05) is 0 Å². The van der Waals surface area contributed by atoms with Crippen LogP contribution in [0.5, 0.6) is 0 Å². The molecule has 12 heavy (non-hydrogen) atoms. The molecule has 4 heteroatoms. The van der Waals surface area contributed by atoms with Crippen molar-refractivity contribution >= 4 is 5.97 Å². The molecule has 1 aromatic heterocycles. The molecular weight excluding hydrogens is 158 g/mol. The molecule has 3 N–H and O–H groups in total. The van der Waals surface area contributed by atoms with E-state index in [4.69, 9.17) is 15.3 Å². The maximum absolute atomic E-state index is 10.2. The lowest BCUT2D eigenvalue weighted by Crippen LogP contribution is -2.25. The summed E-state index contributed by atoms with van der Waals surface area (Å²) in [5.41, 5.74) is 5.52. The molecule has 0 fully saturated rings. The quantitative estimate of drug-likeness (QED) is 0.692. The lowest BCUT2D eigenvalue weighted by atomic mass is 10.1. The number of carboxylic acid groups (broad SMARTS) is 1. The molecule has 0 aliphatic rings. The predicted molar refractivity (Wildman–Crippen MR) is 42.6 cm³/mol. The highest BCUT2D eigenvalue weighted by atomic mass is 16.4. The standard InChI is InChI=1S/C8H11NO3/c9-6(5-8(10)11)4-7-2-1-3-12-7/h1-3,6H,4-5,9H2,(H,10,11)/t6-/m0/s1. The van der Waals surface area contributed by atoms with Gasteiger partial charge in [0.15, 0.2) is 0 Å². The molecule has 0 spiro atoms. The maximum atomic E-state index is 10.2. The van der Waals surface area contributed by atoms with Crippen LogP contribution in [0.1, 0.15) is 12.2 Å². The number of carbonyl (C=O) groups is 1. The van der Waals surface area contributed by atoms with Crippen LogP contribution < -0.4 is 5.73 Å². The summed E-state index contributed by atoms with van der Waals surface area (Å²) in [5, 5.41) is 8.40. The normalized spacial score (nSPS) is 12.8. The van der Waals surface area contributed by atoms with Gasteiger partial charge in [-0.2, -0.15) is 0 Å². The third-order valence-electron chi connectivity index (χ3n) is 1.48. The van der Waals surface area contributed by atoms with Gasteiger partial charge in [0.05, 0.1) is 12.7 Å². The Labute approximate surface area is 70.0 Å². The van der Waals surface area contributed by atoms with Crippen LogP contribution in [0.15, 0.2) is 22.8 Å². The van der Waals surface area contributed by atoms with Gasteiger partial charge in [-0.25, -0.2) is 0 Å². The Hall–Kier alpha value is -1.29. The van der Waals surface area contributed by atoms with Gasteiger partial charge in [-0.3, -0.25) is 4.79 Å². The first-order chi connectivity index (χ1) is 5.68. The number of carboxylic acids is 1. The molecule has 66 valence electrons. The molecule has 1 rings (SSSR count). The number of rotatable bonds is 4. The van der Waals surface area contributed by atoms with Gasteiger partial charge in [-0.05, 0) is 12.1 Å². The van der Waals surface area contributed by atoms with Crippen molar-refractivity contribution < 1.29 is 14.3 Å². The van der Waals surface area contributed by atoms with E-state index < -0.39 is 5.97 Å². The average molecular weight is 169 g/mol. The average Bonchev–Trinajstić information content (AvgIpc) is 2.37. The van der Waals surface area contributed by atoms with Crippen LogP contribution in [0.25, 0.3) is 0 Å². The number of furan rings is 1. The molecule has 0 aromatic carbocycles. The minimum absolute atomic E-state index is 0.0271. The lowest BCUT2D eigenvalue weighted by molar-refractivity contribution is -0.137. The van der Waals surface area contributed by atoms with Crippen LogP contribution in [-0.2, 0) is 11.2 Å². The van der Waals surface area contributed by atoms with E-state index in [0.29, 0.717) is 6.42 Å². The fourth-order valence-electron chi connectivity index (χ4n) is 0.984. The van der Waals surface area contributed by atoms with E-state index in [-0.39, 0.29) is 12.5 Å². The smallest absolute Gasteiger partial charge is 0.304 e. The van der Waals surface area contributed by atoms with Crippen molar-refractivity contribution in [3.8, 4) is 0 Å². The summed E-state index contributed by atoms with van der Waals surface area (Å²) < 4.78 is 5.01. The number of nitrogens with two attached hydrogens (primary N) is 1. The highest BCUT2D eigenvalue weighted by molar-refractivity contribution is 5.67. The summed E-state index contributed by atoms with van der Waals surface area (Å²) in [5.74, 6) is -0.155. The molecule has 1 heterocycles. The molecule has 0 amide bonds. The third-order valence-corrected chi connectivity index (χ3v) is 1.48. The van der Waals surface area contributed by atoms with Gasteiger partial charge in [0.2, 0.25) is 0 Å². The number of hydrogen-bond acceptors (Lipinski definition) is 3. The van der Waals surface area contributed by atoms with Crippen molar-refractivity contribution in [1.82, 2.24) is 0 Å². The zero-order valence-corrected chi connectivity index (χ0v) is 6.56. The van der Waals surface area contributed by atoms with Crippen LogP contribution in [-0.4, -0.2) is 17.1 Å². The summed E-state index contributed by atoms with van der Waals surface area (Å²) in [7, 11) is 0. The van der Waals surface area contributed by atoms with E-state index in [1.165, 1.54) is 0 Å². The van der Waals surface area contributed by atoms with Gasteiger partial charge in [-0.15, -0.1) is 0 Å². The molecule has 1 atom stereocenters. The van der Waals surface area contributed by atoms with Gasteiger partial charge >= 0.3 is 5.97 Å². The van der Waals surface area contributed by atoms with Crippen LogP contribution in [0.2, 0.25) is 0 Å². The zero-order chi connectivity index (χ0) is 8.97. The van der Waals surface area contributed by atoms with Crippen LogP contribution in [0, 0.1) is 0 Å². The minimum atomic E-state index is -0.881. The summed E-state index contributed by atoms with van der Waals surface area (Å²) >= 11 is 0. The van der Waals surface area contributed by atoms with Gasteiger partial charge in [0.1, 0.15) is 5.76 Å². The zero-order valence-electron chi connectivity index (χ0n) is 6.56. The molecule has 0 bridgehead atoms. The Balaban J connectivity index is 2.36. The minimum Gasteiger partial charge on any atom is -0.481 e. The third kappa shape index (κ3) is 2.75. The van der Waals surface area contributed by atoms with E-state index in [9.17, 15) is 4.79 Å². The molecule has 0 aliphatic carbocycles.